The van der Waals surface area contributed by atoms with E-state index in [0.29, 0.717) is 11.9 Å². The van der Waals surface area contributed by atoms with E-state index in [-0.39, 0.29) is 11.7 Å². The molecule has 1 aromatic carbocycles. The SMILES string of the molecule is C[C@H](c1ccc(-c2n[nH]c(C(=O)N(C)C)n2)cc1)N1CCOCC1. The van der Waals surface area contributed by atoms with Crippen LogP contribution in [0.25, 0.3) is 11.4 Å². The zero-order valence-electron chi connectivity index (χ0n) is 14.3. The first-order valence-corrected chi connectivity index (χ1v) is 8.12. The number of hydrogen-bond donors (Lipinski definition) is 1. The first-order valence-electron chi connectivity index (χ1n) is 8.12. The third kappa shape index (κ3) is 3.47. The number of rotatable bonds is 4. The highest BCUT2D eigenvalue weighted by atomic mass is 16.5. The third-order valence-corrected chi connectivity index (χ3v) is 4.34. The molecule has 2 heterocycles. The minimum atomic E-state index is -0.189. The van der Waals surface area contributed by atoms with Crippen LogP contribution in [0.5, 0.6) is 0 Å². The number of ether oxygens (including phenoxy) is 1. The van der Waals surface area contributed by atoms with E-state index in [1.807, 2.05) is 12.1 Å². The van der Waals surface area contributed by atoms with E-state index >= 15 is 0 Å². The first kappa shape index (κ1) is 16.6. The van der Waals surface area contributed by atoms with Crippen molar-refractivity contribution in [3.05, 3.63) is 35.7 Å². The molecule has 1 fully saturated rings. The molecule has 0 saturated carbocycles. The average Bonchev–Trinajstić information content (AvgIpc) is 3.11. The number of nitrogens with one attached hydrogen (secondary N) is 1. The summed E-state index contributed by atoms with van der Waals surface area (Å²) in [6.07, 6.45) is 0. The summed E-state index contributed by atoms with van der Waals surface area (Å²) in [5.74, 6) is 0.595. The second-order valence-corrected chi connectivity index (χ2v) is 6.15. The summed E-state index contributed by atoms with van der Waals surface area (Å²) >= 11 is 0. The fourth-order valence-corrected chi connectivity index (χ4v) is 2.78. The number of H-pyrrole nitrogens is 1. The predicted octanol–water partition coefficient (Wildman–Crippen LogP) is 1.57. The van der Waals surface area contributed by atoms with Crippen molar-refractivity contribution >= 4 is 5.91 Å². The van der Waals surface area contributed by atoms with Gasteiger partial charge >= 0.3 is 0 Å². The number of nitrogens with zero attached hydrogens (tertiary/aromatic N) is 4. The van der Waals surface area contributed by atoms with Crippen molar-refractivity contribution < 1.29 is 9.53 Å². The van der Waals surface area contributed by atoms with E-state index in [1.165, 1.54) is 10.5 Å². The van der Waals surface area contributed by atoms with Gasteiger partial charge in [0.25, 0.3) is 5.91 Å². The molecule has 7 nitrogen and oxygen atoms in total. The molecule has 24 heavy (non-hydrogen) atoms. The van der Waals surface area contributed by atoms with Crippen molar-refractivity contribution in [1.82, 2.24) is 25.0 Å². The highest BCUT2D eigenvalue weighted by Crippen LogP contribution is 2.24. The van der Waals surface area contributed by atoms with Crippen LogP contribution in [0.3, 0.4) is 0 Å². The van der Waals surface area contributed by atoms with Crippen molar-refractivity contribution in [2.24, 2.45) is 0 Å². The molecule has 1 saturated heterocycles. The van der Waals surface area contributed by atoms with Crippen LogP contribution in [0.2, 0.25) is 0 Å². The minimum Gasteiger partial charge on any atom is -0.379 e. The number of aromatic nitrogens is 3. The van der Waals surface area contributed by atoms with Crippen LogP contribution in [0.15, 0.2) is 24.3 Å². The Labute approximate surface area is 141 Å². The molecule has 0 radical (unpaired) electrons. The van der Waals surface area contributed by atoms with E-state index in [1.54, 1.807) is 14.1 Å². The van der Waals surface area contributed by atoms with Crippen LogP contribution in [-0.4, -0.2) is 71.3 Å². The quantitative estimate of drug-likeness (QED) is 0.921. The number of morpholine rings is 1. The predicted molar refractivity (Wildman–Crippen MR) is 90.6 cm³/mol. The Hall–Kier alpha value is -2.25. The maximum absolute atomic E-state index is 11.9. The Balaban J connectivity index is 1.73. The summed E-state index contributed by atoms with van der Waals surface area (Å²) in [7, 11) is 3.37. The number of carbonyl (C=O) groups is 1. The zero-order chi connectivity index (χ0) is 17.1. The fraction of sp³-hybridized carbons (Fsp3) is 0.471. The third-order valence-electron chi connectivity index (χ3n) is 4.34. The van der Waals surface area contributed by atoms with E-state index in [4.69, 9.17) is 4.74 Å². The lowest BCUT2D eigenvalue weighted by molar-refractivity contribution is 0.0198. The molecule has 2 aromatic rings. The van der Waals surface area contributed by atoms with Gasteiger partial charge in [-0.25, -0.2) is 4.98 Å². The molecule has 0 spiro atoms. The van der Waals surface area contributed by atoms with Crippen LogP contribution in [0.1, 0.15) is 29.1 Å². The van der Waals surface area contributed by atoms with Gasteiger partial charge in [-0.1, -0.05) is 24.3 Å². The van der Waals surface area contributed by atoms with Crippen LogP contribution in [-0.2, 0) is 4.74 Å². The van der Waals surface area contributed by atoms with Gasteiger partial charge in [-0.3, -0.25) is 14.8 Å². The zero-order valence-corrected chi connectivity index (χ0v) is 14.3. The Morgan fingerprint density at radius 1 is 1.25 bits per heavy atom. The second kappa shape index (κ2) is 7.11. The van der Waals surface area contributed by atoms with E-state index < -0.39 is 0 Å². The lowest BCUT2D eigenvalue weighted by atomic mass is 10.0. The Kier molecular flexibility index (Phi) is 4.92. The standard InChI is InChI=1S/C17H23N5O2/c1-12(22-8-10-24-11-9-22)13-4-6-14(7-5-13)15-18-16(20-19-15)17(23)21(2)3/h4-7,12H,8-11H2,1-3H3,(H,18,19,20)/t12-/m1/s1. The van der Waals surface area contributed by atoms with Gasteiger partial charge in [-0.15, -0.1) is 0 Å². The van der Waals surface area contributed by atoms with Crippen molar-refractivity contribution in [1.29, 1.82) is 0 Å². The number of amides is 1. The lowest BCUT2D eigenvalue weighted by Crippen LogP contribution is -2.37. The molecule has 1 N–H and O–H groups in total. The fourth-order valence-electron chi connectivity index (χ4n) is 2.78. The summed E-state index contributed by atoms with van der Waals surface area (Å²) in [6.45, 7) is 5.71. The van der Waals surface area contributed by atoms with Gasteiger partial charge in [0.2, 0.25) is 5.82 Å². The molecule has 1 aromatic heterocycles. The molecule has 3 rings (SSSR count). The molecule has 1 atom stereocenters. The average molecular weight is 329 g/mol. The van der Waals surface area contributed by atoms with Crippen molar-refractivity contribution in [2.45, 2.75) is 13.0 Å². The van der Waals surface area contributed by atoms with Crippen LogP contribution in [0, 0.1) is 0 Å². The second-order valence-electron chi connectivity index (χ2n) is 6.15. The molecule has 0 unspecified atom stereocenters. The van der Waals surface area contributed by atoms with Crippen molar-refractivity contribution in [3.63, 3.8) is 0 Å². The normalized spacial score (nSPS) is 16.8. The highest BCUT2D eigenvalue weighted by molar-refractivity contribution is 5.90. The number of carbonyl (C=O) groups excluding carboxylic acids is 1. The van der Waals surface area contributed by atoms with Crippen molar-refractivity contribution in [3.8, 4) is 11.4 Å². The lowest BCUT2D eigenvalue weighted by Gasteiger charge is -2.32. The monoisotopic (exact) mass is 329 g/mol. The van der Waals surface area contributed by atoms with Crippen LogP contribution >= 0.6 is 0 Å². The topological polar surface area (TPSA) is 74.4 Å². The van der Waals surface area contributed by atoms with Gasteiger partial charge in [-0.2, -0.15) is 5.10 Å². The minimum absolute atomic E-state index is 0.189. The maximum Gasteiger partial charge on any atom is 0.290 e. The molecular weight excluding hydrogens is 306 g/mol. The molecule has 1 aliphatic rings. The number of aromatic amines is 1. The molecule has 7 heteroatoms. The summed E-state index contributed by atoms with van der Waals surface area (Å²) < 4.78 is 5.41. The van der Waals surface area contributed by atoms with E-state index in [2.05, 4.69) is 39.1 Å². The van der Waals surface area contributed by atoms with Crippen LogP contribution < -0.4 is 0 Å². The van der Waals surface area contributed by atoms with Crippen molar-refractivity contribution in [2.75, 3.05) is 40.4 Å². The highest BCUT2D eigenvalue weighted by Gasteiger charge is 2.19. The van der Waals surface area contributed by atoms with E-state index in [9.17, 15) is 4.79 Å². The molecule has 128 valence electrons. The summed E-state index contributed by atoms with van der Waals surface area (Å²) in [5.41, 5.74) is 2.14. The van der Waals surface area contributed by atoms with Crippen LogP contribution in [0.4, 0.5) is 0 Å². The number of hydrogen-bond acceptors (Lipinski definition) is 5. The smallest absolute Gasteiger partial charge is 0.290 e. The summed E-state index contributed by atoms with van der Waals surface area (Å²) in [4.78, 5) is 20.1. The van der Waals surface area contributed by atoms with Gasteiger partial charge in [0.05, 0.1) is 13.2 Å². The number of benzene rings is 1. The Bertz CT molecular complexity index is 689. The molecule has 0 aliphatic carbocycles. The molecular formula is C17H23N5O2. The Morgan fingerprint density at radius 2 is 1.92 bits per heavy atom. The van der Waals surface area contributed by atoms with Gasteiger partial charge < -0.3 is 9.64 Å². The molecule has 0 bridgehead atoms. The maximum atomic E-state index is 11.9. The molecule has 1 aliphatic heterocycles. The first-order chi connectivity index (χ1) is 11.6. The Morgan fingerprint density at radius 3 is 2.54 bits per heavy atom. The summed E-state index contributed by atoms with van der Waals surface area (Å²) in [5, 5.41) is 6.84. The van der Waals surface area contributed by atoms with E-state index in [0.717, 1.165) is 31.9 Å². The largest absolute Gasteiger partial charge is 0.379 e. The summed E-state index contributed by atoms with van der Waals surface area (Å²) in [6, 6.07) is 8.54. The van der Waals surface area contributed by atoms with Gasteiger partial charge in [0.15, 0.2) is 5.82 Å². The van der Waals surface area contributed by atoms with Gasteiger partial charge in [-0.05, 0) is 12.5 Å². The van der Waals surface area contributed by atoms with Gasteiger partial charge in [0.1, 0.15) is 0 Å². The molecule has 1 amide bonds. The van der Waals surface area contributed by atoms with Gasteiger partial charge in [0, 0.05) is 38.8 Å².